The van der Waals surface area contributed by atoms with Crippen LogP contribution in [0.2, 0.25) is 0 Å². The number of carboxylic acid groups (broad SMARTS) is 1. The molecule has 0 radical (unpaired) electrons. The van der Waals surface area contributed by atoms with E-state index in [1.165, 1.54) is 25.3 Å². The lowest BCUT2D eigenvalue weighted by Gasteiger charge is -2.10. The summed E-state index contributed by atoms with van der Waals surface area (Å²) in [4.78, 5) is 36.5. The number of furan rings is 1. The molecule has 2 aromatic rings. The minimum atomic E-state index is -1.16. The van der Waals surface area contributed by atoms with Crippen LogP contribution >= 0.6 is 11.8 Å². The second-order valence-electron chi connectivity index (χ2n) is 5.85. The van der Waals surface area contributed by atoms with Crippen LogP contribution in [0.25, 0.3) is 6.08 Å². The quantitative estimate of drug-likeness (QED) is 0.513. The predicted octanol–water partition coefficient (Wildman–Crippen LogP) is 3.79. The molecule has 8 nitrogen and oxygen atoms in total. The highest BCUT2D eigenvalue weighted by Crippen LogP contribution is 2.34. The van der Waals surface area contributed by atoms with Crippen molar-refractivity contribution in [1.29, 1.82) is 0 Å². The van der Waals surface area contributed by atoms with Crippen molar-refractivity contribution in [2.75, 3.05) is 13.7 Å². The van der Waals surface area contributed by atoms with E-state index in [1.807, 2.05) is 0 Å². The van der Waals surface area contributed by atoms with Gasteiger partial charge in [-0.15, -0.1) is 6.58 Å². The van der Waals surface area contributed by atoms with Crippen LogP contribution in [-0.4, -0.2) is 40.8 Å². The number of thioether (sulfide) groups is 1. The van der Waals surface area contributed by atoms with Crippen LogP contribution in [0, 0.1) is 0 Å². The van der Waals surface area contributed by atoms with Crippen molar-refractivity contribution >= 4 is 35.0 Å². The minimum Gasteiger partial charge on any atom is -0.493 e. The second kappa shape index (κ2) is 8.70. The van der Waals surface area contributed by atoms with Crippen LogP contribution in [0.4, 0.5) is 4.79 Å². The van der Waals surface area contributed by atoms with E-state index in [1.54, 1.807) is 24.3 Å². The molecule has 1 aromatic carbocycles. The number of ether oxygens (including phenoxy) is 2. The standard InChI is InChI=1S/C20H17NO7S/c1-3-8-21-18(22)17(29-20(21)25)10-12-4-6-14(16(9-12)26-2)27-11-13-5-7-15(28-13)19(23)24/h3-7,9-10H,1,8,11H2,2H3,(H,23,24)/b17-10-. The number of nitrogens with zero attached hydrogens (tertiary/aromatic N) is 1. The predicted molar refractivity (Wildman–Crippen MR) is 106 cm³/mol. The number of hydrogen-bond acceptors (Lipinski definition) is 7. The van der Waals surface area contributed by atoms with Gasteiger partial charge in [0.05, 0.1) is 12.0 Å². The van der Waals surface area contributed by atoms with Gasteiger partial charge in [-0.05, 0) is 47.7 Å². The molecule has 0 aliphatic carbocycles. The molecule has 150 valence electrons. The van der Waals surface area contributed by atoms with Crippen LogP contribution in [-0.2, 0) is 11.4 Å². The van der Waals surface area contributed by atoms with Gasteiger partial charge in [0.25, 0.3) is 11.1 Å². The van der Waals surface area contributed by atoms with Crippen molar-refractivity contribution in [1.82, 2.24) is 4.90 Å². The third kappa shape index (κ3) is 4.52. The van der Waals surface area contributed by atoms with Crippen LogP contribution in [0.5, 0.6) is 11.5 Å². The number of carbonyl (C=O) groups is 3. The highest BCUT2D eigenvalue weighted by Gasteiger charge is 2.34. The number of benzene rings is 1. The van der Waals surface area contributed by atoms with E-state index in [-0.39, 0.29) is 30.1 Å². The van der Waals surface area contributed by atoms with E-state index in [9.17, 15) is 14.4 Å². The molecule has 2 amide bonds. The van der Waals surface area contributed by atoms with Gasteiger partial charge in [0.2, 0.25) is 5.76 Å². The zero-order valence-electron chi connectivity index (χ0n) is 15.4. The monoisotopic (exact) mass is 415 g/mol. The third-order valence-electron chi connectivity index (χ3n) is 3.91. The molecular formula is C20H17NO7S. The maximum absolute atomic E-state index is 12.3. The molecule has 0 spiro atoms. The second-order valence-corrected chi connectivity index (χ2v) is 6.84. The summed E-state index contributed by atoms with van der Waals surface area (Å²) in [5.74, 6) is -0.519. The lowest BCUT2D eigenvalue weighted by molar-refractivity contribution is -0.122. The third-order valence-corrected chi connectivity index (χ3v) is 4.82. The van der Waals surface area contributed by atoms with Gasteiger partial charge in [-0.1, -0.05) is 12.1 Å². The van der Waals surface area contributed by atoms with E-state index in [0.29, 0.717) is 27.7 Å². The van der Waals surface area contributed by atoms with E-state index >= 15 is 0 Å². The number of hydrogen-bond donors (Lipinski definition) is 1. The molecule has 9 heteroatoms. The van der Waals surface area contributed by atoms with E-state index in [0.717, 1.165) is 16.7 Å². The van der Waals surface area contributed by atoms with Crippen molar-refractivity contribution in [2.24, 2.45) is 0 Å². The number of rotatable bonds is 8. The van der Waals surface area contributed by atoms with Gasteiger partial charge in [-0.25, -0.2) is 4.79 Å². The number of carboxylic acids is 1. The van der Waals surface area contributed by atoms with E-state index in [4.69, 9.17) is 19.0 Å². The maximum Gasteiger partial charge on any atom is 0.371 e. The Balaban J connectivity index is 1.74. The van der Waals surface area contributed by atoms with Crippen LogP contribution < -0.4 is 9.47 Å². The maximum atomic E-state index is 12.3. The topological polar surface area (TPSA) is 106 Å². The minimum absolute atomic E-state index is 0.0173. The molecule has 1 aliphatic rings. The molecular weight excluding hydrogens is 398 g/mol. The first-order chi connectivity index (χ1) is 13.9. The molecule has 29 heavy (non-hydrogen) atoms. The van der Waals surface area contributed by atoms with Gasteiger partial charge in [-0.3, -0.25) is 14.5 Å². The summed E-state index contributed by atoms with van der Waals surface area (Å²) < 4.78 is 16.1. The number of aromatic carboxylic acids is 1. The fraction of sp³-hybridized carbons (Fsp3) is 0.150. The molecule has 1 saturated heterocycles. The largest absolute Gasteiger partial charge is 0.493 e. The van der Waals surface area contributed by atoms with Gasteiger partial charge in [0, 0.05) is 6.54 Å². The molecule has 1 aromatic heterocycles. The number of amides is 2. The van der Waals surface area contributed by atoms with Crippen molar-refractivity contribution < 1.29 is 33.4 Å². The molecule has 1 aliphatic heterocycles. The van der Waals surface area contributed by atoms with Crippen molar-refractivity contribution in [3.8, 4) is 11.5 Å². The molecule has 1 fully saturated rings. The van der Waals surface area contributed by atoms with E-state index in [2.05, 4.69) is 6.58 Å². The highest BCUT2D eigenvalue weighted by molar-refractivity contribution is 8.18. The lowest BCUT2D eigenvalue weighted by Crippen LogP contribution is -2.27. The highest BCUT2D eigenvalue weighted by atomic mass is 32.2. The molecule has 0 saturated carbocycles. The summed E-state index contributed by atoms with van der Waals surface area (Å²) in [6, 6.07) is 7.90. The molecule has 0 bridgehead atoms. The first kappa shape index (κ1) is 20.3. The summed E-state index contributed by atoms with van der Waals surface area (Å²) >= 11 is 0.865. The summed E-state index contributed by atoms with van der Waals surface area (Å²) in [6.45, 7) is 3.72. The lowest BCUT2D eigenvalue weighted by atomic mass is 10.2. The van der Waals surface area contributed by atoms with Crippen LogP contribution in [0.15, 0.2) is 52.3 Å². The Kier molecular flexibility index (Phi) is 6.08. The Morgan fingerprint density at radius 1 is 1.28 bits per heavy atom. The zero-order chi connectivity index (χ0) is 21.0. The van der Waals surface area contributed by atoms with Gasteiger partial charge < -0.3 is 19.0 Å². The summed E-state index contributed by atoms with van der Waals surface area (Å²) in [7, 11) is 1.47. The molecule has 1 N–H and O–H groups in total. The van der Waals surface area contributed by atoms with Crippen molar-refractivity contribution in [3.63, 3.8) is 0 Å². The summed E-state index contributed by atoms with van der Waals surface area (Å²) in [6.07, 6.45) is 3.10. The van der Waals surface area contributed by atoms with Gasteiger partial charge in [-0.2, -0.15) is 0 Å². The van der Waals surface area contributed by atoms with E-state index < -0.39 is 5.97 Å². The Labute approximate surface area is 170 Å². The van der Waals surface area contributed by atoms with Gasteiger partial charge in [0.1, 0.15) is 12.4 Å². The van der Waals surface area contributed by atoms with Gasteiger partial charge >= 0.3 is 5.97 Å². The SMILES string of the molecule is C=CCN1C(=O)S/C(=C\c2ccc(OCc3ccc(C(=O)O)o3)c(OC)c2)C1=O. The van der Waals surface area contributed by atoms with Crippen LogP contribution in [0.3, 0.4) is 0 Å². The fourth-order valence-electron chi connectivity index (χ4n) is 2.55. The van der Waals surface area contributed by atoms with Crippen LogP contribution in [0.1, 0.15) is 21.9 Å². The Morgan fingerprint density at radius 3 is 2.72 bits per heavy atom. The Bertz CT molecular complexity index is 1010. The molecule has 2 heterocycles. The summed E-state index contributed by atoms with van der Waals surface area (Å²) in [5.41, 5.74) is 0.657. The zero-order valence-corrected chi connectivity index (χ0v) is 16.2. The van der Waals surface area contributed by atoms with Crippen molar-refractivity contribution in [2.45, 2.75) is 6.61 Å². The number of imide groups is 1. The Morgan fingerprint density at radius 2 is 2.07 bits per heavy atom. The normalized spacial score (nSPS) is 15.1. The molecule has 3 rings (SSSR count). The Hall–Kier alpha value is -3.46. The smallest absolute Gasteiger partial charge is 0.371 e. The first-order valence-electron chi connectivity index (χ1n) is 8.42. The van der Waals surface area contributed by atoms with Crippen molar-refractivity contribution in [3.05, 3.63) is 65.0 Å². The molecule has 0 atom stereocenters. The average molecular weight is 415 g/mol. The summed E-state index contributed by atoms with van der Waals surface area (Å²) in [5, 5.41) is 8.54. The fourth-order valence-corrected chi connectivity index (χ4v) is 3.40. The number of carbonyl (C=O) groups excluding carboxylic acids is 2. The number of methoxy groups -OCH3 is 1. The van der Waals surface area contributed by atoms with Gasteiger partial charge in [0.15, 0.2) is 11.5 Å². The molecule has 0 unspecified atom stereocenters. The average Bonchev–Trinajstić information content (AvgIpc) is 3.28. The first-order valence-corrected chi connectivity index (χ1v) is 9.23.